The molecule has 3 N–H and O–H groups in total. The fourth-order valence-electron chi connectivity index (χ4n) is 1.50. The zero-order valence-corrected chi connectivity index (χ0v) is 9.08. The first kappa shape index (κ1) is 10.3. The van der Waals surface area contributed by atoms with E-state index in [1.54, 1.807) is 11.3 Å². The second kappa shape index (κ2) is 5.02. The van der Waals surface area contributed by atoms with Gasteiger partial charge in [0, 0.05) is 17.5 Å². The van der Waals surface area contributed by atoms with E-state index in [4.69, 9.17) is 5.84 Å². The van der Waals surface area contributed by atoms with Crippen molar-refractivity contribution >= 4 is 11.3 Å². The summed E-state index contributed by atoms with van der Waals surface area (Å²) in [7, 11) is 0. The molecule has 0 spiro atoms. The minimum atomic E-state index is 0.159. The molecule has 0 saturated carbocycles. The minimum absolute atomic E-state index is 0.159. The van der Waals surface area contributed by atoms with Crippen molar-refractivity contribution in [3.8, 4) is 0 Å². The van der Waals surface area contributed by atoms with Crippen molar-refractivity contribution in [3.05, 3.63) is 52.5 Å². The van der Waals surface area contributed by atoms with E-state index in [2.05, 4.69) is 22.5 Å². The fourth-order valence-corrected chi connectivity index (χ4v) is 2.14. The van der Waals surface area contributed by atoms with Crippen LogP contribution in [0, 0.1) is 0 Å². The standard InChI is InChI=1S/C11H13N3S/c12-14-11(6-10-7-13-8-15-10)9-4-2-1-3-5-9/h1-5,7-8,11,14H,6,12H2. The summed E-state index contributed by atoms with van der Waals surface area (Å²) in [6, 6.07) is 10.4. The van der Waals surface area contributed by atoms with Crippen molar-refractivity contribution in [2.24, 2.45) is 5.84 Å². The van der Waals surface area contributed by atoms with Gasteiger partial charge in [0.2, 0.25) is 0 Å². The van der Waals surface area contributed by atoms with Gasteiger partial charge in [-0.3, -0.25) is 16.3 Å². The van der Waals surface area contributed by atoms with Crippen molar-refractivity contribution in [2.45, 2.75) is 12.5 Å². The third-order valence-corrected chi connectivity index (χ3v) is 3.09. The first-order chi connectivity index (χ1) is 7.40. The summed E-state index contributed by atoms with van der Waals surface area (Å²) < 4.78 is 0. The Morgan fingerprint density at radius 3 is 2.73 bits per heavy atom. The number of rotatable bonds is 4. The van der Waals surface area contributed by atoms with Gasteiger partial charge >= 0.3 is 0 Å². The SMILES string of the molecule is NNC(Cc1cncs1)c1ccccc1. The van der Waals surface area contributed by atoms with Gasteiger partial charge in [-0.25, -0.2) is 0 Å². The van der Waals surface area contributed by atoms with Crippen LogP contribution in [0.25, 0.3) is 0 Å². The average Bonchev–Trinajstić information content (AvgIpc) is 2.80. The van der Waals surface area contributed by atoms with Crippen LogP contribution in [0.4, 0.5) is 0 Å². The predicted octanol–water partition coefficient (Wildman–Crippen LogP) is 1.89. The topological polar surface area (TPSA) is 50.9 Å². The first-order valence-corrected chi connectivity index (χ1v) is 5.66. The molecule has 0 aliphatic carbocycles. The lowest BCUT2D eigenvalue weighted by Gasteiger charge is -2.14. The highest BCUT2D eigenvalue weighted by atomic mass is 32.1. The lowest BCUT2D eigenvalue weighted by molar-refractivity contribution is 0.555. The van der Waals surface area contributed by atoms with Crippen LogP contribution in [0.3, 0.4) is 0 Å². The summed E-state index contributed by atoms with van der Waals surface area (Å²) in [6.45, 7) is 0. The smallest absolute Gasteiger partial charge is 0.0794 e. The summed E-state index contributed by atoms with van der Waals surface area (Å²) in [5.41, 5.74) is 5.88. The van der Waals surface area contributed by atoms with Crippen LogP contribution in [0.2, 0.25) is 0 Å². The normalized spacial score (nSPS) is 12.6. The molecule has 2 rings (SSSR count). The molecule has 0 amide bonds. The van der Waals surface area contributed by atoms with E-state index in [0.717, 1.165) is 6.42 Å². The number of hydrogen-bond donors (Lipinski definition) is 2. The van der Waals surface area contributed by atoms with Crippen molar-refractivity contribution < 1.29 is 0 Å². The van der Waals surface area contributed by atoms with Crippen LogP contribution < -0.4 is 11.3 Å². The Bertz CT molecular complexity index is 385. The van der Waals surface area contributed by atoms with Gasteiger partial charge in [0.15, 0.2) is 0 Å². The molecule has 2 aromatic rings. The van der Waals surface area contributed by atoms with Crippen LogP contribution in [-0.2, 0) is 6.42 Å². The molecule has 1 heterocycles. The number of nitrogens with two attached hydrogens (primary N) is 1. The molecule has 0 aliphatic rings. The third kappa shape index (κ3) is 2.62. The number of nitrogens with one attached hydrogen (secondary N) is 1. The minimum Gasteiger partial charge on any atom is -0.271 e. The van der Waals surface area contributed by atoms with Gasteiger partial charge in [-0.2, -0.15) is 0 Å². The molecule has 0 aliphatic heterocycles. The Labute approximate surface area is 92.9 Å². The molecular formula is C11H13N3S. The van der Waals surface area contributed by atoms with E-state index in [1.807, 2.05) is 29.9 Å². The molecule has 0 radical (unpaired) electrons. The lowest BCUT2D eigenvalue weighted by atomic mass is 10.0. The van der Waals surface area contributed by atoms with Gasteiger partial charge in [-0.05, 0) is 5.56 Å². The molecule has 1 atom stereocenters. The number of hydrazine groups is 1. The largest absolute Gasteiger partial charge is 0.271 e. The maximum atomic E-state index is 5.56. The van der Waals surface area contributed by atoms with Crippen LogP contribution in [-0.4, -0.2) is 4.98 Å². The molecule has 1 unspecified atom stereocenters. The van der Waals surface area contributed by atoms with E-state index in [0.29, 0.717) is 0 Å². The molecule has 0 saturated heterocycles. The van der Waals surface area contributed by atoms with Crippen LogP contribution >= 0.6 is 11.3 Å². The highest BCUT2D eigenvalue weighted by Crippen LogP contribution is 2.19. The number of benzene rings is 1. The van der Waals surface area contributed by atoms with Crippen molar-refractivity contribution in [2.75, 3.05) is 0 Å². The quantitative estimate of drug-likeness (QED) is 0.610. The highest BCUT2D eigenvalue weighted by molar-refractivity contribution is 7.09. The number of hydrogen-bond acceptors (Lipinski definition) is 4. The van der Waals surface area contributed by atoms with E-state index in [-0.39, 0.29) is 6.04 Å². The molecule has 0 fully saturated rings. The Hall–Kier alpha value is -1.23. The van der Waals surface area contributed by atoms with Crippen LogP contribution in [0.1, 0.15) is 16.5 Å². The molecule has 3 nitrogen and oxygen atoms in total. The second-order valence-corrected chi connectivity index (χ2v) is 4.27. The number of nitrogens with zero attached hydrogens (tertiary/aromatic N) is 1. The van der Waals surface area contributed by atoms with Gasteiger partial charge < -0.3 is 0 Å². The Balaban J connectivity index is 2.12. The molecule has 78 valence electrons. The molecular weight excluding hydrogens is 206 g/mol. The molecule has 15 heavy (non-hydrogen) atoms. The van der Waals surface area contributed by atoms with E-state index in [1.165, 1.54) is 10.4 Å². The average molecular weight is 219 g/mol. The van der Waals surface area contributed by atoms with Gasteiger partial charge in [-0.15, -0.1) is 11.3 Å². The molecule has 1 aromatic carbocycles. The Kier molecular flexibility index (Phi) is 3.45. The summed E-state index contributed by atoms with van der Waals surface area (Å²) in [6.07, 6.45) is 2.77. The maximum Gasteiger partial charge on any atom is 0.0794 e. The molecule has 1 aromatic heterocycles. The van der Waals surface area contributed by atoms with E-state index in [9.17, 15) is 0 Å². The van der Waals surface area contributed by atoms with E-state index < -0.39 is 0 Å². The third-order valence-electron chi connectivity index (χ3n) is 2.29. The maximum absolute atomic E-state index is 5.56. The van der Waals surface area contributed by atoms with E-state index >= 15 is 0 Å². The van der Waals surface area contributed by atoms with Gasteiger partial charge in [0.1, 0.15) is 0 Å². The zero-order chi connectivity index (χ0) is 10.5. The van der Waals surface area contributed by atoms with Gasteiger partial charge in [-0.1, -0.05) is 30.3 Å². The zero-order valence-electron chi connectivity index (χ0n) is 8.26. The van der Waals surface area contributed by atoms with Gasteiger partial charge in [0.05, 0.1) is 11.6 Å². The Morgan fingerprint density at radius 2 is 2.13 bits per heavy atom. The highest BCUT2D eigenvalue weighted by Gasteiger charge is 2.10. The predicted molar refractivity (Wildman–Crippen MR) is 62.3 cm³/mol. The molecule has 4 heteroatoms. The summed E-state index contributed by atoms with van der Waals surface area (Å²) in [5, 5.41) is 0. The summed E-state index contributed by atoms with van der Waals surface area (Å²) in [4.78, 5) is 5.29. The molecule has 0 bridgehead atoms. The number of aromatic nitrogens is 1. The second-order valence-electron chi connectivity index (χ2n) is 3.30. The number of thiazole rings is 1. The Morgan fingerprint density at radius 1 is 1.33 bits per heavy atom. The lowest BCUT2D eigenvalue weighted by Crippen LogP contribution is -2.29. The summed E-state index contributed by atoms with van der Waals surface area (Å²) >= 11 is 1.65. The summed E-state index contributed by atoms with van der Waals surface area (Å²) in [5.74, 6) is 5.56. The van der Waals surface area contributed by atoms with Crippen molar-refractivity contribution in [1.29, 1.82) is 0 Å². The fraction of sp³-hybridized carbons (Fsp3) is 0.182. The van der Waals surface area contributed by atoms with Crippen molar-refractivity contribution in [3.63, 3.8) is 0 Å². The monoisotopic (exact) mass is 219 g/mol. The van der Waals surface area contributed by atoms with Crippen molar-refractivity contribution in [1.82, 2.24) is 10.4 Å². The van der Waals surface area contributed by atoms with Gasteiger partial charge in [0.25, 0.3) is 0 Å². The first-order valence-electron chi connectivity index (χ1n) is 4.78. The van der Waals surface area contributed by atoms with Crippen LogP contribution in [0.5, 0.6) is 0 Å². The van der Waals surface area contributed by atoms with Crippen LogP contribution in [0.15, 0.2) is 42.0 Å².